The molecule has 0 aliphatic heterocycles. The molecule has 0 amide bonds. The van der Waals surface area contributed by atoms with Gasteiger partial charge in [0.05, 0.1) is 6.61 Å². The average Bonchev–Trinajstić information content (AvgIpc) is 2.42. The van der Waals surface area contributed by atoms with Crippen LogP contribution >= 0.6 is 12.2 Å². The molecule has 0 aromatic carbocycles. The number of methoxy groups -OCH3 is 2. The number of nitrogens with two attached hydrogens (primary N) is 1. The summed E-state index contributed by atoms with van der Waals surface area (Å²) >= 11 is 5.01. The highest BCUT2D eigenvalue weighted by atomic mass is 32.1. The largest absolute Gasteiger partial charge is 0.388 e. The molecule has 0 aliphatic carbocycles. The summed E-state index contributed by atoms with van der Waals surface area (Å²) in [4.78, 5) is 10.8. The van der Waals surface area contributed by atoms with Crippen LogP contribution in [0.3, 0.4) is 0 Å². The quantitative estimate of drug-likeness (QED) is 0.526. The van der Waals surface area contributed by atoms with Crippen LogP contribution < -0.4 is 10.6 Å². The van der Waals surface area contributed by atoms with Crippen molar-refractivity contribution in [2.24, 2.45) is 5.73 Å². The normalized spacial score (nSPS) is 10.4. The fraction of sp³-hybridized carbons (Fsp3) is 0.583. The van der Waals surface area contributed by atoms with Crippen molar-refractivity contribution in [2.75, 3.05) is 45.4 Å². The first kappa shape index (κ1) is 15.7. The molecular formula is C12H20N4O2S. The molecule has 0 spiro atoms. The Morgan fingerprint density at radius 2 is 1.89 bits per heavy atom. The first-order valence-corrected chi connectivity index (χ1v) is 6.45. The summed E-state index contributed by atoms with van der Waals surface area (Å²) in [6.45, 7) is 2.77. The molecule has 0 radical (unpaired) electrons. The van der Waals surface area contributed by atoms with E-state index in [1.807, 2.05) is 0 Å². The van der Waals surface area contributed by atoms with Crippen LogP contribution in [-0.4, -0.2) is 55.5 Å². The van der Waals surface area contributed by atoms with Gasteiger partial charge >= 0.3 is 0 Å². The third kappa shape index (κ3) is 5.06. The standard InChI is InChI=1S/C12H20N4O2S/c1-17-8-3-6-16(7-9-18-2)12-10(11(13)19)14-4-5-15-12/h4-5H,3,6-9H2,1-2H3,(H2,13,19). The number of aromatic nitrogens is 2. The Balaban J connectivity index is 2.85. The molecule has 0 saturated heterocycles. The number of rotatable bonds is 9. The van der Waals surface area contributed by atoms with Crippen molar-refractivity contribution < 1.29 is 9.47 Å². The highest BCUT2D eigenvalue weighted by Crippen LogP contribution is 2.15. The van der Waals surface area contributed by atoms with Gasteiger partial charge in [-0.15, -0.1) is 0 Å². The van der Waals surface area contributed by atoms with Crippen molar-refractivity contribution in [1.29, 1.82) is 0 Å². The Bertz CT molecular complexity index is 403. The minimum absolute atomic E-state index is 0.247. The molecule has 0 aliphatic rings. The third-order valence-electron chi connectivity index (χ3n) is 2.55. The number of ether oxygens (including phenoxy) is 2. The number of thiocarbonyl (C=S) groups is 1. The first-order valence-electron chi connectivity index (χ1n) is 6.04. The zero-order chi connectivity index (χ0) is 14.1. The van der Waals surface area contributed by atoms with Gasteiger partial charge < -0.3 is 20.1 Å². The maximum Gasteiger partial charge on any atom is 0.157 e. The summed E-state index contributed by atoms with van der Waals surface area (Å²) in [5.41, 5.74) is 6.23. The van der Waals surface area contributed by atoms with Crippen LogP contribution in [0.2, 0.25) is 0 Å². The fourth-order valence-electron chi connectivity index (χ4n) is 1.66. The molecule has 106 valence electrons. The molecule has 6 nitrogen and oxygen atoms in total. The third-order valence-corrected chi connectivity index (χ3v) is 2.75. The van der Waals surface area contributed by atoms with Crippen molar-refractivity contribution in [1.82, 2.24) is 9.97 Å². The molecule has 0 unspecified atom stereocenters. The van der Waals surface area contributed by atoms with Crippen molar-refractivity contribution in [3.8, 4) is 0 Å². The summed E-state index contributed by atoms with van der Waals surface area (Å²) in [5, 5.41) is 0. The lowest BCUT2D eigenvalue weighted by Crippen LogP contribution is -2.32. The van der Waals surface area contributed by atoms with Gasteiger partial charge in [0, 0.05) is 46.3 Å². The number of anilines is 1. The van der Waals surface area contributed by atoms with E-state index >= 15 is 0 Å². The predicted octanol–water partition coefficient (Wildman–Crippen LogP) is 0.600. The van der Waals surface area contributed by atoms with E-state index in [4.69, 9.17) is 27.4 Å². The second-order valence-corrected chi connectivity index (χ2v) is 4.36. The van der Waals surface area contributed by atoms with Gasteiger partial charge in [0.15, 0.2) is 5.82 Å². The average molecular weight is 284 g/mol. The summed E-state index contributed by atoms with van der Waals surface area (Å²) in [5.74, 6) is 0.697. The van der Waals surface area contributed by atoms with Crippen molar-refractivity contribution in [2.45, 2.75) is 6.42 Å². The van der Waals surface area contributed by atoms with Gasteiger partial charge in [-0.3, -0.25) is 0 Å². The van der Waals surface area contributed by atoms with Gasteiger partial charge in [-0.25, -0.2) is 9.97 Å². The van der Waals surface area contributed by atoms with E-state index in [0.29, 0.717) is 31.3 Å². The topological polar surface area (TPSA) is 73.5 Å². The van der Waals surface area contributed by atoms with Crippen molar-refractivity contribution in [3.63, 3.8) is 0 Å². The van der Waals surface area contributed by atoms with Crippen LogP contribution in [0.5, 0.6) is 0 Å². The molecule has 1 aromatic rings. The molecule has 1 aromatic heterocycles. The number of hydrogen-bond acceptors (Lipinski definition) is 6. The van der Waals surface area contributed by atoms with Crippen molar-refractivity contribution >= 4 is 23.0 Å². The molecule has 1 heterocycles. The second kappa shape index (κ2) is 8.73. The van der Waals surface area contributed by atoms with E-state index in [9.17, 15) is 0 Å². The minimum atomic E-state index is 0.247. The zero-order valence-electron chi connectivity index (χ0n) is 11.3. The highest BCUT2D eigenvalue weighted by Gasteiger charge is 2.15. The van der Waals surface area contributed by atoms with Gasteiger partial charge in [0.25, 0.3) is 0 Å². The lowest BCUT2D eigenvalue weighted by molar-refractivity contribution is 0.191. The molecule has 0 atom stereocenters. The number of nitrogens with zero attached hydrogens (tertiary/aromatic N) is 3. The van der Waals surface area contributed by atoms with Crippen LogP contribution in [-0.2, 0) is 9.47 Å². The molecule has 19 heavy (non-hydrogen) atoms. The Kier molecular flexibility index (Phi) is 7.24. The highest BCUT2D eigenvalue weighted by molar-refractivity contribution is 7.80. The van der Waals surface area contributed by atoms with Crippen molar-refractivity contribution in [3.05, 3.63) is 18.1 Å². The molecule has 1 rings (SSSR count). The van der Waals surface area contributed by atoms with Gasteiger partial charge in [-0.1, -0.05) is 12.2 Å². The SMILES string of the molecule is COCCCN(CCOC)c1nccnc1C(N)=S. The molecule has 2 N–H and O–H groups in total. The number of hydrogen-bond donors (Lipinski definition) is 1. The molecular weight excluding hydrogens is 264 g/mol. The Labute approximate surface area is 118 Å². The fourth-order valence-corrected chi connectivity index (χ4v) is 1.80. The summed E-state index contributed by atoms with van der Waals surface area (Å²) < 4.78 is 10.2. The van der Waals surface area contributed by atoms with Gasteiger partial charge in [-0.05, 0) is 6.42 Å². The van der Waals surface area contributed by atoms with Gasteiger partial charge in [0.2, 0.25) is 0 Å². The lowest BCUT2D eigenvalue weighted by Gasteiger charge is -2.24. The first-order chi connectivity index (χ1) is 9.20. The van der Waals surface area contributed by atoms with E-state index in [-0.39, 0.29) is 4.99 Å². The monoisotopic (exact) mass is 284 g/mol. The maximum absolute atomic E-state index is 5.68. The van der Waals surface area contributed by atoms with Crippen LogP contribution in [0.25, 0.3) is 0 Å². The molecule has 0 fully saturated rings. The van der Waals surface area contributed by atoms with E-state index in [0.717, 1.165) is 13.0 Å². The maximum atomic E-state index is 5.68. The Morgan fingerprint density at radius 3 is 2.53 bits per heavy atom. The van der Waals surface area contributed by atoms with E-state index in [2.05, 4.69) is 14.9 Å². The minimum Gasteiger partial charge on any atom is -0.388 e. The van der Waals surface area contributed by atoms with E-state index in [1.54, 1.807) is 26.6 Å². The van der Waals surface area contributed by atoms with Crippen LogP contribution in [0.1, 0.15) is 12.1 Å². The van der Waals surface area contributed by atoms with E-state index < -0.39 is 0 Å². The summed E-state index contributed by atoms with van der Waals surface area (Å²) in [7, 11) is 3.35. The van der Waals surface area contributed by atoms with Gasteiger partial charge in [-0.2, -0.15) is 0 Å². The zero-order valence-corrected chi connectivity index (χ0v) is 12.2. The molecule has 0 saturated carbocycles. The lowest BCUT2D eigenvalue weighted by atomic mass is 10.3. The predicted molar refractivity (Wildman–Crippen MR) is 78.5 cm³/mol. The summed E-state index contributed by atoms with van der Waals surface area (Å²) in [6, 6.07) is 0. The van der Waals surface area contributed by atoms with Gasteiger partial charge in [0.1, 0.15) is 10.7 Å². The second-order valence-electron chi connectivity index (χ2n) is 3.92. The van der Waals surface area contributed by atoms with Crippen LogP contribution in [0.4, 0.5) is 5.82 Å². The smallest absolute Gasteiger partial charge is 0.157 e. The summed E-state index contributed by atoms with van der Waals surface area (Å²) in [6.07, 6.45) is 4.10. The van der Waals surface area contributed by atoms with Crippen LogP contribution in [0, 0.1) is 0 Å². The van der Waals surface area contributed by atoms with Crippen LogP contribution in [0.15, 0.2) is 12.4 Å². The molecule has 7 heteroatoms. The van der Waals surface area contributed by atoms with E-state index in [1.165, 1.54) is 0 Å². The Hall–Kier alpha value is -1.31. The molecule has 0 bridgehead atoms. The Morgan fingerprint density at radius 1 is 1.21 bits per heavy atom.